The average molecular weight is 308 g/mol. The summed E-state index contributed by atoms with van der Waals surface area (Å²) in [6.45, 7) is 4.73. The molecule has 0 spiro atoms. The Hall–Kier alpha value is -1.46. The van der Waals surface area contributed by atoms with Crippen LogP contribution < -0.4 is 5.32 Å². The van der Waals surface area contributed by atoms with Gasteiger partial charge in [0.25, 0.3) is 0 Å². The number of carbonyl (C=O) groups excluding carboxylic acids is 1. The van der Waals surface area contributed by atoms with Crippen molar-refractivity contribution in [2.75, 3.05) is 26.8 Å². The van der Waals surface area contributed by atoms with Crippen LogP contribution in [0.4, 0.5) is 4.39 Å². The van der Waals surface area contributed by atoms with Crippen molar-refractivity contribution in [3.63, 3.8) is 0 Å². The van der Waals surface area contributed by atoms with E-state index in [9.17, 15) is 9.18 Å². The summed E-state index contributed by atoms with van der Waals surface area (Å²) in [6.07, 6.45) is 1.64. The van der Waals surface area contributed by atoms with Crippen LogP contribution in [-0.4, -0.2) is 43.7 Å². The largest absolute Gasteiger partial charge is 0.383 e. The number of methoxy groups -OCH3 is 1. The number of likely N-dealkylation sites (tertiary alicyclic amines) is 1. The van der Waals surface area contributed by atoms with E-state index in [1.165, 1.54) is 6.07 Å². The molecule has 2 rings (SSSR count). The third-order valence-electron chi connectivity index (χ3n) is 4.12. The van der Waals surface area contributed by atoms with Gasteiger partial charge < -0.3 is 10.1 Å². The van der Waals surface area contributed by atoms with E-state index in [1.807, 2.05) is 19.1 Å². The van der Waals surface area contributed by atoms with Crippen molar-refractivity contribution in [1.82, 2.24) is 10.2 Å². The van der Waals surface area contributed by atoms with Crippen molar-refractivity contribution < 1.29 is 13.9 Å². The highest BCUT2D eigenvalue weighted by molar-refractivity contribution is 5.79. The third kappa shape index (κ3) is 4.78. The SMILES string of the molecule is COCC(C)NC(=O)C1CCN(Cc2ccccc2F)CC1. The van der Waals surface area contributed by atoms with E-state index in [4.69, 9.17) is 4.74 Å². The van der Waals surface area contributed by atoms with Crippen LogP contribution >= 0.6 is 0 Å². The predicted octanol–water partition coefficient (Wildman–Crippen LogP) is 2.19. The first-order valence-corrected chi connectivity index (χ1v) is 7.85. The molecular formula is C17H25FN2O2. The highest BCUT2D eigenvalue weighted by Crippen LogP contribution is 2.20. The van der Waals surface area contributed by atoms with Crippen molar-refractivity contribution in [2.24, 2.45) is 5.92 Å². The van der Waals surface area contributed by atoms with E-state index in [1.54, 1.807) is 13.2 Å². The Morgan fingerprint density at radius 1 is 1.41 bits per heavy atom. The molecule has 5 heteroatoms. The number of nitrogens with zero attached hydrogens (tertiary/aromatic N) is 1. The van der Waals surface area contributed by atoms with Gasteiger partial charge in [-0.25, -0.2) is 4.39 Å². The molecule has 1 atom stereocenters. The van der Waals surface area contributed by atoms with Crippen LogP contribution in [-0.2, 0) is 16.1 Å². The molecular weight excluding hydrogens is 283 g/mol. The fraction of sp³-hybridized carbons (Fsp3) is 0.588. The topological polar surface area (TPSA) is 41.6 Å². The molecule has 1 aromatic rings. The van der Waals surface area contributed by atoms with E-state index in [0.717, 1.165) is 31.5 Å². The van der Waals surface area contributed by atoms with Crippen LogP contribution in [0, 0.1) is 11.7 Å². The zero-order chi connectivity index (χ0) is 15.9. The predicted molar refractivity (Wildman–Crippen MR) is 83.9 cm³/mol. The van der Waals surface area contributed by atoms with E-state index in [-0.39, 0.29) is 23.7 Å². The Kier molecular flexibility index (Phi) is 6.34. The average Bonchev–Trinajstić information content (AvgIpc) is 2.50. The second kappa shape index (κ2) is 8.25. The van der Waals surface area contributed by atoms with E-state index in [0.29, 0.717) is 13.2 Å². The third-order valence-corrected chi connectivity index (χ3v) is 4.12. The minimum atomic E-state index is -0.157. The standard InChI is InChI=1S/C17H25FN2O2/c1-13(12-22-2)19-17(21)14-7-9-20(10-8-14)11-15-5-3-4-6-16(15)18/h3-6,13-14H,7-12H2,1-2H3,(H,19,21). The number of nitrogens with one attached hydrogen (secondary N) is 1. The Balaban J connectivity index is 1.78. The molecule has 1 aliphatic rings. The number of halogens is 1. The monoisotopic (exact) mass is 308 g/mol. The molecule has 1 aromatic carbocycles. The molecule has 1 unspecified atom stereocenters. The highest BCUT2D eigenvalue weighted by atomic mass is 19.1. The molecule has 0 aromatic heterocycles. The second-order valence-electron chi connectivity index (χ2n) is 6.01. The van der Waals surface area contributed by atoms with Gasteiger partial charge in [-0.05, 0) is 38.9 Å². The molecule has 0 saturated carbocycles. The molecule has 1 amide bonds. The molecule has 0 aliphatic carbocycles. The molecule has 1 heterocycles. The zero-order valence-electron chi connectivity index (χ0n) is 13.3. The normalized spacial score (nSPS) is 18.1. The molecule has 0 radical (unpaired) electrons. The summed E-state index contributed by atoms with van der Waals surface area (Å²) in [7, 11) is 1.63. The summed E-state index contributed by atoms with van der Waals surface area (Å²) >= 11 is 0. The minimum Gasteiger partial charge on any atom is -0.383 e. The summed E-state index contributed by atoms with van der Waals surface area (Å²) in [5, 5.41) is 2.98. The smallest absolute Gasteiger partial charge is 0.223 e. The van der Waals surface area contributed by atoms with E-state index < -0.39 is 0 Å². The summed E-state index contributed by atoms with van der Waals surface area (Å²) in [5.41, 5.74) is 0.721. The van der Waals surface area contributed by atoms with Gasteiger partial charge >= 0.3 is 0 Å². The lowest BCUT2D eigenvalue weighted by Crippen LogP contribution is -2.44. The minimum absolute atomic E-state index is 0.0361. The Morgan fingerprint density at radius 2 is 2.09 bits per heavy atom. The van der Waals surface area contributed by atoms with Crippen LogP contribution in [0.1, 0.15) is 25.3 Å². The lowest BCUT2D eigenvalue weighted by Gasteiger charge is -2.31. The first-order chi connectivity index (χ1) is 10.6. The second-order valence-corrected chi connectivity index (χ2v) is 6.01. The Labute approximate surface area is 131 Å². The lowest BCUT2D eigenvalue weighted by atomic mass is 9.95. The van der Waals surface area contributed by atoms with Crippen molar-refractivity contribution in [1.29, 1.82) is 0 Å². The molecule has 22 heavy (non-hydrogen) atoms. The fourth-order valence-corrected chi connectivity index (χ4v) is 2.87. The maximum Gasteiger partial charge on any atom is 0.223 e. The van der Waals surface area contributed by atoms with Crippen molar-refractivity contribution >= 4 is 5.91 Å². The summed E-state index contributed by atoms with van der Waals surface area (Å²) in [4.78, 5) is 14.4. The highest BCUT2D eigenvalue weighted by Gasteiger charge is 2.26. The molecule has 1 N–H and O–H groups in total. The van der Waals surface area contributed by atoms with Gasteiger partial charge in [0.1, 0.15) is 5.82 Å². The first kappa shape index (κ1) is 16.9. The molecule has 0 bridgehead atoms. The van der Waals surface area contributed by atoms with Crippen LogP contribution in [0.25, 0.3) is 0 Å². The van der Waals surface area contributed by atoms with Crippen LogP contribution in [0.5, 0.6) is 0 Å². The van der Waals surface area contributed by atoms with Gasteiger partial charge in [-0.2, -0.15) is 0 Å². The van der Waals surface area contributed by atoms with Crippen molar-refractivity contribution in [3.05, 3.63) is 35.6 Å². The van der Waals surface area contributed by atoms with Gasteiger partial charge in [-0.1, -0.05) is 18.2 Å². The maximum absolute atomic E-state index is 13.7. The molecule has 1 saturated heterocycles. The number of amides is 1. The van der Waals surface area contributed by atoms with Crippen LogP contribution in [0.3, 0.4) is 0 Å². The van der Waals surface area contributed by atoms with E-state index >= 15 is 0 Å². The molecule has 1 aliphatic heterocycles. The van der Waals surface area contributed by atoms with Gasteiger partial charge in [-0.15, -0.1) is 0 Å². The number of rotatable bonds is 6. The fourth-order valence-electron chi connectivity index (χ4n) is 2.87. The van der Waals surface area contributed by atoms with Gasteiger partial charge in [0.15, 0.2) is 0 Å². The summed E-state index contributed by atoms with van der Waals surface area (Å²) < 4.78 is 18.7. The number of hydrogen-bond donors (Lipinski definition) is 1. The number of carbonyl (C=O) groups is 1. The number of hydrogen-bond acceptors (Lipinski definition) is 3. The quantitative estimate of drug-likeness (QED) is 0.876. The van der Waals surface area contributed by atoms with Gasteiger partial charge in [0.05, 0.1) is 6.61 Å². The van der Waals surface area contributed by atoms with Crippen LogP contribution in [0.15, 0.2) is 24.3 Å². The van der Waals surface area contributed by atoms with Crippen LogP contribution in [0.2, 0.25) is 0 Å². The first-order valence-electron chi connectivity index (χ1n) is 7.85. The zero-order valence-corrected chi connectivity index (χ0v) is 13.3. The lowest BCUT2D eigenvalue weighted by molar-refractivity contribution is -0.127. The van der Waals surface area contributed by atoms with Gasteiger partial charge in [0.2, 0.25) is 5.91 Å². The van der Waals surface area contributed by atoms with Crippen molar-refractivity contribution in [2.45, 2.75) is 32.4 Å². The van der Waals surface area contributed by atoms with Gasteiger partial charge in [-0.3, -0.25) is 9.69 Å². The molecule has 4 nitrogen and oxygen atoms in total. The van der Waals surface area contributed by atoms with E-state index in [2.05, 4.69) is 10.2 Å². The Bertz CT molecular complexity index is 487. The van der Waals surface area contributed by atoms with Gasteiger partial charge in [0, 0.05) is 31.2 Å². The summed E-state index contributed by atoms with van der Waals surface area (Å²) in [6, 6.07) is 6.91. The molecule has 122 valence electrons. The number of benzene rings is 1. The number of piperidine rings is 1. The Morgan fingerprint density at radius 3 is 2.73 bits per heavy atom. The maximum atomic E-state index is 13.7. The summed E-state index contributed by atoms with van der Waals surface area (Å²) in [5.74, 6) is 0.00188. The number of ether oxygens (including phenoxy) is 1. The molecule has 1 fully saturated rings. The van der Waals surface area contributed by atoms with Crippen molar-refractivity contribution in [3.8, 4) is 0 Å².